The predicted octanol–water partition coefficient (Wildman–Crippen LogP) is 4.78. The van der Waals surface area contributed by atoms with E-state index in [9.17, 15) is 14.2 Å². The highest BCUT2D eigenvalue weighted by Gasteiger charge is 2.36. The second-order valence-corrected chi connectivity index (χ2v) is 9.70. The SMILES string of the molecule is CCCOC(=O)CCP(=O)(C(=O)c1c(C)cc(C)cc1C)c1ccccc1. The molecular weight excluding hydrogens is 359 g/mol. The first-order chi connectivity index (χ1) is 12.8. The first kappa shape index (κ1) is 21.1. The van der Waals surface area contributed by atoms with Crippen molar-refractivity contribution in [2.24, 2.45) is 0 Å². The van der Waals surface area contributed by atoms with Crippen LogP contribution in [0.2, 0.25) is 0 Å². The lowest BCUT2D eigenvalue weighted by molar-refractivity contribution is -0.143. The molecule has 2 aromatic carbocycles. The minimum atomic E-state index is -3.48. The van der Waals surface area contributed by atoms with Crippen LogP contribution >= 0.6 is 7.14 Å². The molecule has 1 atom stereocenters. The summed E-state index contributed by atoms with van der Waals surface area (Å²) in [5.74, 6) is -0.418. The van der Waals surface area contributed by atoms with E-state index < -0.39 is 13.1 Å². The number of carbonyl (C=O) groups excluding carboxylic acids is 2. The van der Waals surface area contributed by atoms with E-state index in [4.69, 9.17) is 4.74 Å². The highest BCUT2D eigenvalue weighted by atomic mass is 31.2. The van der Waals surface area contributed by atoms with E-state index in [1.807, 2.05) is 45.9 Å². The Morgan fingerprint density at radius 2 is 1.59 bits per heavy atom. The van der Waals surface area contributed by atoms with Crippen LogP contribution in [0.25, 0.3) is 0 Å². The summed E-state index contributed by atoms with van der Waals surface area (Å²) < 4.78 is 19.0. The van der Waals surface area contributed by atoms with Crippen LogP contribution in [0.5, 0.6) is 0 Å². The van der Waals surface area contributed by atoms with Crippen LogP contribution in [0.15, 0.2) is 42.5 Å². The number of hydrogen-bond donors (Lipinski definition) is 0. The van der Waals surface area contributed by atoms with Gasteiger partial charge in [0.15, 0.2) is 7.14 Å². The fraction of sp³-hybridized carbons (Fsp3) is 0.364. The van der Waals surface area contributed by atoms with E-state index in [1.165, 1.54) is 0 Å². The minimum absolute atomic E-state index is 0.0227. The molecule has 0 N–H and O–H groups in total. The predicted molar refractivity (Wildman–Crippen MR) is 109 cm³/mol. The summed E-state index contributed by atoms with van der Waals surface area (Å²) in [6.45, 7) is 7.93. The molecule has 144 valence electrons. The van der Waals surface area contributed by atoms with Gasteiger partial charge in [0, 0.05) is 17.0 Å². The number of carbonyl (C=O) groups is 2. The first-order valence-corrected chi connectivity index (χ1v) is 11.1. The normalized spacial score (nSPS) is 13.0. The van der Waals surface area contributed by atoms with Gasteiger partial charge in [-0.15, -0.1) is 0 Å². The summed E-state index contributed by atoms with van der Waals surface area (Å²) >= 11 is 0. The number of hydrogen-bond acceptors (Lipinski definition) is 4. The number of esters is 1. The van der Waals surface area contributed by atoms with Gasteiger partial charge in [-0.1, -0.05) is 55.0 Å². The Morgan fingerprint density at radius 3 is 2.15 bits per heavy atom. The van der Waals surface area contributed by atoms with Gasteiger partial charge in [-0.05, 0) is 38.3 Å². The second-order valence-electron chi connectivity index (χ2n) is 6.85. The third-order valence-electron chi connectivity index (χ3n) is 4.49. The van der Waals surface area contributed by atoms with Gasteiger partial charge in [0.25, 0.3) is 0 Å². The maximum atomic E-state index is 13.9. The average Bonchev–Trinajstić information content (AvgIpc) is 2.64. The van der Waals surface area contributed by atoms with Crippen molar-refractivity contribution in [3.63, 3.8) is 0 Å². The molecule has 0 spiro atoms. The van der Waals surface area contributed by atoms with Crippen molar-refractivity contribution in [1.29, 1.82) is 0 Å². The highest BCUT2D eigenvalue weighted by molar-refractivity contribution is 7.87. The van der Waals surface area contributed by atoms with Crippen molar-refractivity contribution in [2.75, 3.05) is 12.8 Å². The maximum absolute atomic E-state index is 13.9. The molecule has 5 heteroatoms. The minimum Gasteiger partial charge on any atom is -0.466 e. The fourth-order valence-electron chi connectivity index (χ4n) is 3.25. The summed E-state index contributed by atoms with van der Waals surface area (Å²) in [4.78, 5) is 25.4. The lowest BCUT2D eigenvalue weighted by atomic mass is 10.0. The van der Waals surface area contributed by atoms with Crippen molar-refractivity contribution in [3.8, 4) is 0 Å². The molecule has 27 heavy (non-hydrogen) atoms. The van der Waals surface area contributed by atoms with E-state index in [0.717, 1.165) is 23.1 Å². The van der Waals surface area contributed by atoms with E-state index in [0.29, 0.717) is 17.5 Å². The Bertz CT molecular complexity index is 848. The second kappa shape index (κ2) is 9.14. The Morgan fingerprint density at radius 1 is 1.00 bits per heavy atom. The van der Waals surface area contributed by atoms with E-state index in [-0.39, 0.29) is 18.1 Å². The summed E-state index contributed by atoms with van der Waals surface area (Å²) in [5, 5.41) is 0.484. The maximum Gasteiger partial charge on any atom is 0.306 e. The van der Waals surface area contributed by atoms with Crippen molar-refractivity contribution >= 4 is 23.9 Å². The van der Waals surface area contributed by atoms with Crippen molar-refractivity contribution < 1.29 is 18.9 Å². The van der Waals surface area contributed by atoms with Gasteiger partial charge in [0.05, 0.1) is 13.0 Å². The highest BCUT2D eigenvalue weighted by Crippen LogP contribution is 2.49. The van der Waals surface area contributed by atoms with Gasteiger partial charge < -0.3 is 9.30 Å². The van der Waals surface area contributed by atoms with E-state index >= 15 is 0 Å². The molecule has 0 saturated carbocycles. The molecule has 0 fully saturated rings. The Kier molecular flexibility index (Phi) is 7.15. The van der Waals surface area contributed by atoms with Crippen molar-refractivity contribution in [3.05, 3.63) is 64.7 Å². The lowest BCUT2D eigenvalue weighted by Gasteiger charge is -2.20. The van der Waals surface area contributed by atoms with Crippen LogP contribution in [0.4, 0.5) is 0 Å². The zero-order chi connectivity index (χ0) is 20.0. The standard InChI is InChI=1S/C22H27O4P/c1-5-12-26-20(23)11-13-27(25,19-9-7-6-8-10-19)22(24)21-17(3)14-16(2)15-18(21)4/h6-10,14-15H,5,11-13H2,1-4H3. The molecule has 2 rings (SSSR count). The van der Waals surface area contributed by atoms with Gasteiger partial charge in [0.1, 0.15) is 0 Å². The lowest BCUT2D eigenvalue weighted by Crippen LogP contribution is -2.20. The number of benzene rings is 2. The molecule has 0 heterocycles. The molecule has 0 saturated heterocycles. The number of rotatable bonds is 8. The zero-order valence-electron chi connectivity index (χ0n) is 16.5. The smallest absolute Gasteiger partial charge is 0.306 e. The summed E-state index contributed by atoms with van der Waals surface area (Å²) in [5.41, 5.74) is 2.78. The van der Waals surface area contributed by atoms with Gasteiger partial charge in [-0.2, -0.15) is 0 Å². The molecule has 0 aliphatic rings. The largest absolute Gasteiger partial charge is 0.466 e. The third-order valence-corrected chi connectivity index (χ3v) is 7.36. The van der Waals surface area contributed by atoms with Crippen LogP contribution in [0.1, 0.15) is 46.8 Å². The van der Waals surface area contributed by atoms with E-state index in [2.05, 4.69) is 0 Å². The molecule has 4 nitrogen and oxygen atoms in total. The van der Waals surface area contributed by atoms with Gasteiger partial charge >= 0.3 is 5.97 Å². The van der Waals surface area contributed by atoms with Gasteiger partial charge in [0.2, 0.25) is 5.52 Å². The molecule has 0 radical (unpaired) electrons. The van der Waals surface area contributed by atoms with Gasteiger partial charge in [-0.3, -0.25) is 9.59 Å². The van der Waals surface area contributed by atoms with Crippen LogP contribution in [0, 0.1) is 20.8 Å². The van der Waals surface area contributed by atoms with Crippen LogP contribution in [0.3, 0.4) is 0 Å². The molecule has 0 amide bonds. The summed E-state index contributed by atoms with van der Waals surface area (Å²) in [6.07, 6.45) is 0.662. The van der Waals surface area contributed by atoms with Crippen LogP contribution in [-0.2, 0) is 14.1 Å². The molecule has 2 aromatic rings. The average molecular weight is 386 g/mol. The topological polar surface area (TPSA) is 60.4 Å². The molecular formula is C22H27O4P. The van der Waals surface area contributed by atoms with Crippen LogP contribution in [-0.4, -0.2) is 24.3 Å². The zero-order valence-corrected chi connectivity index (χ0v) is 17.3. The Balaban J connectivity index is 2.43. The van der Waals surface area contributed by atoms with Gasteiger partial charge in [-0.25, -0.2) is 0 Å². The molecule has 0 aromatic heterocycles. The number of aryl methyl sites for hydroxylation is 3. The first-order valence-electron chi connectivity index (χ1n) is 9.22. The quantitative estimate of drug-likeness (QED) is 0.484. The summed E-state index contributed by atoms with van der Waals surface area (Å²) in [7, 11) is -3.48. The third kappa shape index (κ3) is 4.95. The van der Waals surface area contributed by atoms with Crippen molar-refractivity contribution in [2.45, 2.75) is 40.5 Å². The van der Waals surface area contributed by atoms with Crippen molar-refractivity contribution in [1.82, 2.24) is 0 Å². The Hall–Kier alpha value is -2.19. The molecule has 0 bridgehead atoms. The number of ether oxygens (including phenoxy) is 1. The molecule has 0 aliphatic carbocycles. The molecule has 1 unspecified atom stereocenters. The fourth-order valence-corrected chi connectivity index (χ4v) is 5.81. The van der Waals surface area contributed by atoms with E-state index in [1.54, 1.807) is 24.3 Å². The monoisotopic (exact) mass is 386 g/mol. The Labute approximate surface area is 161 Å². The summed E-state index contributed by atoms with van der Waals surface area (Å²) in [6, 6.07) is 12.6. The molecule has 0 aliphatic heterocycles. The van der Waals surface area contributed by atoms with Crippen LogP contribution < -0.4 is 5.30 Å².